The van der Waals surface area contributed by atoms with Gasteiger partial charge < -0.3 is 0 Å². The molecular weight excluding hydrogens is 552 g/mol. The summed E-state index contributed by atoms with van der Waals surface area (Å²) in [5, 5.41) is 19.0. The van der Waals surface area contributed by atoms with Crippen molar-refractivity contribution >= 4 is 0 Å². The standard InChI is InChI=1S/C39H34N6/c1-36(2)17-40-38-31-20(7-5-9-26(31)36)15-22-11-13-24-25-14-12-23-16-21-8-6-10-27-32(21)39(41-18-37(27,3)4)34(23)29(25)30(28(24)33(22)38)35-44(38)42-19-43-45(35)39/h5-14,19,30,40-41H,15-18H2,1-4H3/q+2. The lowest BCUT2D eigenvalue weighted by molar-refractivity contribution is -0.938. The van der Waals surface area contributed by atoms with Crippen molar-refractivity contribution in [1.82, 2.24) is 20.8 Å². The molecule has 0 radical (unpaired) electrons. The highest BCUT2D eigenvalue weighted by atomic mass is 15.5. The first-order valence-electron chi connectivity index (χ1n) is 16.6. The van der Waals surface area contributed by atoms with Crippen LogP contribution in [0.4, 0.5) is 0 Å². The van der Waals surface area contributed by atoms with Crippen LogP contribution in [0.15, 0.2) is 67.0 Å². The summed E-state index contributed by atoms with van der Waals surface area (Å²) in [5.41, 5.74) is 18.7. The van der Waals surface area contributed by atoms with Gasteiger partial charge in [0.2, 0.25) is 6.33 Å². The van der Waals surface area contributed by atoms with Gasteiger partial charge in [-0.1, -0.05) is 88.4 Å². The summed E-state index contributed by atoms with van der Waals surface area (Å²) in [7, 11) is 0. The van der Waals surface area contributed by atoms with Crippen LogP contribution in [0.5, 0.6) is 0 Å². The first-order chi connectivity index (χ1) is 21.8. The van der Waals surface area contributed by atoms with E-state index in [0.717, 1.165) is 25.9 Å². The Morgan fingerprint density at radius 3 is 1.56 bits per heavy atom. The van der Waals surface area contributed by atoms with E-state index in [4.69, 9.17) is 10.2 Å². The van der Waals surface area contributed by atoms with Gasteiger partial charge in [0.05, 0.1) is 22.3 Å². The van der Waals surface area contributed by atoms with Crippen LogP contribution in [0.3, 0.4) is 0 Å². The Hall–Kier alpha value is -4.26. The van der Waals surface area contributed by atoms with Gasteiger partial charge in [-0.3, -0.25) is 0 Å². The van der Waals surface area contributed by atoms with Crippen LogP contribution in [-0.4, -0.2) is 23.3 Å². The molecule has 12 rings (SSSR count). The molecule has 0 saturated carbocycles. The third-order valence-electron chi connectivity index (χ3n) is 12.7. The number of nitrogens with one attached hydrogen (secondary N) is 2. The van der Waals surface area contributed by atoms with Crippen LogP contribution < -0.4 is 20.0 Å². The molecule has 0 fully saturated rings. The van der Waals surface area contributed by atoms with Crippen molar-refractivity contribution in [2.45, 2.75) is 68.6 Å². The van der Waals surface area contributed by atoms with E-state index >= 15 is 0 Å². The molecule has 5 aromatic rings. The second-order valence-corrected chi connectivity index (χ2v) is 15.8. The molecule has 2 N–H and O–H groups in total. The summed E-state index contributed by atoms with van der Waals surface area (Å²) in [6, 6.07) is 23.7. The predicted octanol–water partition coefficient (Wildman–Crippen LogP) is 3.91. The van der Waals surface area contributed by atoms with E-state index in [1.165, 1.54) is 83.7 Å². The van der Waals surface area contributed by atoms with Gasteiger partial charge in [-0.05, 0) is 68.5 Å². The lowest BCUT2D eigenvalue weighted by Crippen LogP contribution is -2.84. The SMILES string of the molecule is CC1(C)CNC23c4c(cccc41)Cc1ccc4c(c12)C1c2c-4ccc4c2C2(NCC(C)(C)c5cccc(c52)C4)[n+]2ncn[n+]3c21. The number of benzene rings is 4. The van der Waals surface area contributed by atoms with E-state index < -0.39 is 11.3 Å². The molecule has 218 valence electrons. The normalized spacial score (nSPS) is 27.8. The molecule has 5 heterocycles. The van der Waals surface area contributed by atoms with Crippen LogP contribution in [-0.2, 0) is 35.0 Å². The minimum absolute atomic E-state index is 0.00113. The summed E-state index contributed by atoms with van der Waals surface area (Å²) in [6.07, 6.45) is 3.72. The molecule has 4 aromatic carbocycles. The van der Waals surface area contributed by atoms with Crippen molar-refractivity contribution in [3.8, 4) is 11.1 Å². The fraction of sp³-hybridized carbons (Fsp3) is 0.333. The maximum absolute atomic E-state index is 5.29. The Labute approximate surface area is 262 Å². The molecular formula is C39H34N6+2. The fourth-order valence-electron chi connectivity index (χ4n) is 11.0. The fourth-order valence-corrected chi connectivity index (χ4v) is 11.0. The average Bonchev–Trinajstić information content (AvgIpc) is 3.38. The molecule has 7 aliphatic rings. The number of hydrogen-bond acceptors (Lipinski definition) is 4. The Morgan fingerprint density at radius 1 is 0.600 bits per heavy atom. The van der Waals surface area contributed by atoms with E-state index in [1.807, 2.05) is 6.33 Å². The van der Waals surface area contributed by atoms with Crippen LogP contribution in [0, 0.1) is 0 Å². The Kier molecular flexibility index (Phi) is 3.70. The zero-order valence-electron chi connectivity index (χ0n) is 26.0. The zero-order chi connectivity index (χ0) is 29.8. The Bertz CT molecular complexity index is 2160. The van der Waals surface area contributed by atoms with Gasteiger partial charge in [-0.2, -0.15) is 0 Å². The highest BCUT2D eigenvalue weighted by Crippen LogP contribution is 2.62. The molecule has 6 nitrogen and oxygen atoms in total. The van der Waals surface area contributed by atoms with Crippen LogP contribution >= 0.6 is 0 Å². The molecule has 0 saturated heterocycles. The Balaban J connectivity index is 1.31. The number of rotatable bonds is 0. The van der Waals surface area contributed by atoms with E-state index in [-0.39, 0.29) is 16.7 Å². The number of fused-ring (bicyclic) bond motifs is 1. The number of aromatic nitrogens is 4. The van der Waals surface area contributed by atoms with Crippen molar-refractivity contribution in [2.75, 3.05) is 13.1 Å². The van der Waals surface area contributed by atoms with E-state index in [0.29, 0.717) is 0 Å². The van der Waals surface area contributed by atoms with Crippen molar-refractivity contribution in [3.63, 3.8) is 0 Å². The smallest absolute Gasteiger partial charge is 0.245 e. The molecule has 2 unspecified atom stereocenters. The third-order valence-corrected chi connectivity index (χ3v) is 12.7. The third kappa shape index (κ3) is 2.27. The predicted molar refractivity (Wildman–Crippen MR) is 168 cm³/mol. The molecule has 1 aromatic heterocycles. The van der Waals surface area contributed by atoms with Crippen molar-refractivity contribution in [1.29, 1.82) is 0 Å². The summed E-state index contributed by atoms with van der Waals surface area (Å²) < 4.78 is 4.77. The van der Waals surface area contributed by atoms with Gasteiger partial charge >= 0.3 is 17.2 Å². The van der Waals surface area contributed by atoms with Gasteiger partial charge in [0, 0.05) is 43.5 Å². The van der Waals surface area contributed by atoms with E-state index in [9.17, 15) is 0 Å². The molecule has 0 amide bonds. The molecule has 2 atom stereocenters. The lowest BCUT2D eigenvalue weighted by atomic mass is 9.62. The monoisotopic (exact) mass is 586 g/mol. The van der Waals surface area contributed by atoms with Gasteiger partial charge in [0.1, 0.15) is 0 Å². The second-order valence-electron chi connectivity index (χ2n) is 15.8. The molecule has 3 aliphatic carbocycles. The minimum atomic E-state index is -0.596. The van der Waals surface area contributed by atoms with Crippen molar-refractivity contribution in [3.05, 3.63) is 140 Å². The molecule has 4 aliphatic heterocycles. The number of nitrogens with zero attached hydrogens (tertiary/aromatic N) is 4. The molecule has 45 heavy (non-hydrogen) atoms. The maximum Gasteiger partial charge on any atom is 0.485 e. The van der Waals surface area contributed by atoms with Gasteiger partial charge in [-0.25, -0.2) is 10.6 Å². The Morgan fingerprint density at radius 2 is 1.07 bits per heavy atom. The van der Waals surface area contributed by atoms with E-state index in [2.05, 4.69) is 108 Å². The summed E-state index contributed by atoms with van der Waals surface area (Å²) in [6.45, 7) is 11.2. The highest BCUT2D eigenvalue weighted by molar-refractivity contribution is 5.87. The maximum atomic E-state index is 5.29. The summed E-state index contributed by atoms with van der Waals surface area (Å²) in [5.74, 6) is 1.27. The van der Waals surface area contributed by atoms with E-state index in [1.54, 1.807) is 0 Å². The lowest BCUT2D eigenvalue weighted by Gasteiger charge is -2.49. The quantitative estimate of drug-likeness (QED) is 0.265. The van der Waals surface area contributed by atoms with Gasteiger partial charge in [0.25, 0.3) is 0 Å². The van der Waals surface area contributed by atoms with Crippen molar-refractivity contribution in [2.24, 2.45) is 0 Å². The van der Waals surface area contributed by atoms with Crippen LogP contribution in [0.2, 0.25) is 0 Å². The minimum Gasteiger partial charge on any atom is -0.245 e. The number of hydrogen-bond donors (Lipinski definition) is 2. The molecule has 6 heteroatoms. The summed E-state index contributed by atoms with van der Waals surface area (Å²) >= 11 is 0. The van der Waals surface area contributed by atoms with Gasteiger partial charge in [0.15, 0.2) is 5.92 Å². The topological polar surface area (TPSA) is 57.6 Å². The first kappa shape index (κ1) is 24.0. The van der Waals surface area contributed by atoms with Crippen LogP contribution in [0.1, 0.15) is 106 Å². The largest absolute Gasteiger partial charge is 0.485 e. The average molecular weight is 587 g/mol. The summed E-state index contributed by atoms with van der Waals surface area (Å²) in [4.78, 5) is 0. The first-order valence-corrected chi connectivity index (χ1v) is 16.6. The second kappa shape index (κ2) is 6.93. The molecule has 2 spiro atoms. The molecule has 0 bridgehead atoms. The van der Waals surface area contributed by atoms with Gasteiger partial charge in [-0.15, -0.1) is 0 Å². The highest BCUT2D eigenvalue weighted by Gasteiger charge is 2.73. The van der Waals surface area contributed by atoms with Crippen molar-refractivity contribution < 1.29 is 9.36 Å². The zero-order valence-corrected chi connectivity index (χ0v) is 26.0. The van der Waals surface area contributed by atoms with Crippen LogP contribution in [0.25, 0.3) is 11.1 Å².